The van der Waals surface area contributed by atoms with Gasteiger partial charge in [-0.3, -0.25) is 0 Å². The Labute approximate surface area is 90.8 Å². The quantitative estimate of drug-likeness (QED) is 0.328. The van der Waals surface area contributed by atoms with Gasteiger partial charge in [0.05, 0.1) is 0 Å². The molecule has 0 aliphatic heterocycles. The molecule has 0 N–H and O–H groups in total. The zero-order valence-corrected chi connectivity index (χ0v) is 9.99. The highest BCUT2D eigenvalue weighted by Crippen LogP contribution is 2.14. The van der Waals surface area contributed by atoms with E-state index in [0.717, 1.165) is 12.8 Å². The summed E-state index contributed by atoms with van der Waals surface area (Å²) in [6.07, 6.45) is 13.1. The molecule has 0 aromatic rings. The fourth-order valence-electron chi connectivity index (χ4n) is 1.71. The van der Waals surface area contributed by atoms with Crippen LogP contribution in [-0.4, -0.2) is 0 Å². The minimum atomic E-state index is 1.01. The van der Waals surface area contributed by atoms with E-state index < -0.39 is 0 Å². The van der Waals surface area contributed by atoms with Gasteiger partial charge in [0.15, 0.2) is 0 Å². The summed E-state index contributed by atoms with van der Waals surface area (Å²) in [5.41, 5.74) is 1.40. The van der Waals surface area contributed by atoms with Crippen molar-refractivity contribution in [1.82, 2.24) is 0 Å². The Bertz CT molecular complexity index is 124. The van der Waals surface area contributed by atoms with Crippen molar-refractivity contribution in [2.75, 3.05) is 0 Å². The van der Waals surface area contributed by atoms with Gasteiger partial charge in [0.25, 0.3) is 0 Å². The van der Waals surface area contributed by atoms with E-state index in [1.54, 1.807) is 0 Å². The van der Waals surface area contributed by atoms with Crippen LogP contribution in [0.1, 0.15) is 71.1 Å². The molecular formula is C14H27. The van der Waals surface area contributed by atoms with E-state index in [1.807, 2.05) is 0 Å². The monoisotopic (exact) mass is 195 g/mol. The lowest BCUT2D eigenvalue weighted by atomic mass is 10.0. The predicted molar refractivity (Wildman–Crippen MR) is 66.3 cm³/mol. The third-order valence-corrected chi connectivity index (χ3v) is 2.66. The maximum atomic E-state index is 4.05. The first-order valence-corrected chi connectivity index (χ1v) is 6.27. The Morgan fingerprint density at radius 2 is 1.43 bits per heavy atom. The summed E-state index contributed by atoms with van der Waals surface area (Å²) in [4.78, 5) is 0. The SMILES string of the molecule is [CH2]CCC(=C)CCCCCCCCC. The molecule has 0 heteroatoms. The maximum Gasteiger partial charge on any atom is -0.0323 e. The average Bonchev–Trinajstić information content (AvgIpc) is 2.17. The summed E-state index contributed by atoms with van der Waals surface area (Å²) in [5.74, 6) is 0. The van der Waals surface area contributed by atoms with Gasteiger partial charge in [-0.1, -0.05) is 64.5 Å². The van der Waals surface area contributed by atoms with E-state index in [-0.39, 0.29) is 0 Å². The maximum absolute atomic E-state index is 4.05. The Balaban J connectivity index is 3.01. The van der Waals surface area contributed by atoms with Gasteiger partial charge >= 0.3 is 0 Å². The third kappa shape index (κ3) is 9.83. The summed E-state index contributed by atoms with van der Waals surface area (Å²) in [6, 6.07) is 0. The number of hydrogen-bond donors (Lipinski definition) is 0. The molecule has 83 valence electrons. The zero-order chi connectivity index (χ0) is 10.6. The van der Waals surface area contributed by atoms with Crippen LogP contribution in [0.5, 0.6) is 0 Å². The summed E-state index contributed by atoms with van der Waals surface area (Å²) in [5, 5.41) is 0. The first-order valence-electron chi connectivity index (χ1n) is 6.27. The lowest BCUT2D eigenvalue weighted by molar-refractivity contribution is 0.586. The number of rotatable bonds is 10. The van der Waals surface area contributed by atoms with Gasteiger partial charge in [-0.2, -0.15) is 0 Å². The van der Waals surface area contributed by atoms with Crippen LogP contribution in [0.4, 0.5) is 0 Å². The van der Waals surface area contributed by atoms with Crippen molar-refractivity contribution in [2.24, 2.45) is 0 Å². The lowest BCUT2D eigenvalue weighted by Crippen LogP contribution is -1.83. The molecule has 0 unspecified atom stereocenters. The molecule has 0 atom stereocenters. The van der Waals surface area contributed by atoms with Crippen LogP contribution in [0.15, 0.2) is 12.2 Å². The number of unbranched alkanes of at least 4 members (excludes halogenated alkanes) is 6. The van der Waals surface area contributed by atoms with Gasteiger partial charge in [-0.05, 0) is 25.7 Å². The smallest absolute Gasteiger partial charge is 0.0323 e. The third-order valence-electron chi connectivity index (χ3n) is 2.66. The van der Waals surface area contributed by atoms with E-state index in [0.29, 0.717) is 0 Å². The van der Waals surface area contributed by atoms with Gasteiger partial charge in [-0.15, -0.1) is 0 Å². The largest absolute Gasteiger partial charge is 0.0999 e. The topological polar surface area (TPSA) is 0 Å². The molecule has 0 rings (SSSR count). The molecule has 0 aliphatic rings. The van der Waals surface area contributed by atoms with Crippen LogP contribution < -0.4 is 0 Å². The second-order valence-electron chi connectivity index (χ2n) is 4.22. The van der Waals surface area contributed by atoms with Crippen molar-refractivity contribution in [2.45, 2.75) is 71.1 Å². The summed E-state index contributed by atoms with van der Waals surface area (Å²) >= 11 is 0. The van der Waals surface area contributed by atoms with Crippen LogP contribution in [-0.2, 0) is 0 Å². The van der Waals surface area contributed by atoms with Crippen LogP contribution in [0.2, 0.25) is 0 Å². The van der Waals surface area contributed by atoms with Gasteiger partial charge in [0.2, 0.25) is 0 Å². The lowest BCUT2D eigenvalue weighted by Gasteiger charge is -2.03. The average molecular weight is 195 g/mol. The molecule has 0 bridgehead atoms. The summed E-state index contributed by atoms with van der Waals surface area (Å²) in [7, 11) is 0. The highest BCUT2D eigenvalue weighted by molar-refractivity contribution is 4.93. The Hall–Kier alpha value is -0.260. The van der Waals surface area contributed by atoms with Gasteiger partial charge in [-0.25, -0.2) is 0 Å². The van der Waals surface area contributed by atoms with E-state index >= 15 is 0 Å². The summed E-state index contributed by atoms with van der Waals surface area (Å²) < 4.78 is 0. The molecule has 0 spiro atoms. The van der Waals surface area contributed by atoms with Crippen LogP contribution in [0.25, 0.3) is 0 Å². The number of hydrogen-bond acceptors (Lipinski definition) is 0. The second-order valence-corrected chi connectivity index (χ2v) is 4.22. The van der Waals surface area contributed by atoms with Crippen molar-refractivity contribution in [3.63, 3.8) is 0 Å². The van der Waals surface area contributed by atoms with Crippen molar-refractivity contribution in [3.8, 4) is 0 Å². The van der Waals surface area contributed by atoms with E-state index in [1.165, 1.54) is 56.9 Å². The van der Waals surface area contributed by atoms with Gasteiger partial charge in [0, 0.05) is 0 Å². The molecule has 0 heterocycles. The van der Waals surface area contributed by atoms with Crippen molar-refractivity contribution >= 4 is 0 Å². The van der Waals surface area contributed by atoms with E-state index in [9.17, 15) is 0 Å². The Morgan fingerprint density at radius 1 is 0.857 bits per heavy atom. The molecule has 0 saturated heterocycles. The highest BCUT2D eigenvalue weighted by Gasteiger charge is 1.94. The number of allylic oxidation sites excluding steroid dienone is 1. The molecule has 0 amide bonds. The fraction of sp³-hybridized carbons (Fsp3) is 0.786. The normalized spacial score (nSPS) is 10.4. The zero-order valence-electron chi connectivity index (χ0n) is 9.99. The van der Waals surface area contributed by atoms with Gasteiger partial charge in [0.1, 0.15) is 0 Å². The predicted octanol–water partition coefficient (Wildman–Crippen LogP) is 5.30. The Morgan fingerprint density at radius 3 is 2.00 bits per heavy atom. The van der Waals surface area contributed by atoms with Gasteiger partial charge < -0.3 is 0 Å². The molecular weight excluding hydrogens is 168 g/mol. The molecule has 0 aromatic heterocycles. The molecule has 14 heavy (non-hydrogen) atoms. The minimum Gasteiger partial charge on any atom is -0.0999 e. The molecule has 1 radical (unpaired) electrons. The minimum absolute atomic E-state index is 1.01. The summed E-state index contributed by atoms with van der Waals surface area (Å²) in [6.45, 7) is 10.2. The van der Waals surface area contributed by atoms with Crippen molar-refractivity contribution < 1.29 is 0 Å². The molecule has 0 aromatic carbocycles. The first-order chi connectivity index (χ1) is 6.81. The first kappa shape index (κ1) is 13.7. The molecule has 0 fully saturated rings. The van der Waals surface area contributed by atoms with Crippen LogP contribution in [0.3, 0.4) is 0 Å². The van der Waals surface area contributed by atoms with E-state index in [2.05, 4.69) is 20.4 Å². The Kier molecular flexibility index (Phi) is 10.6. The second kappa shape index (κ2) is 10.8. The molecule has 0 nitrogen and oxygen atoms in total. The van der Waals surface area contributed by atoms with Crippen LogP contribution >= 0.6 is 0 Å². The van der Waals surface area contributed by atoms with E-state index in [4.69, 9.17) is 0 Å². The standard InChI is InChI=1S/C14H27/c1-4-6-7-8-9-10-11-13-14(3)12-5-2/h2-13H2,1H3. The molecule has 0 aliphatic carbocycles. The fourth-order valence-corrected chi connectivity index (χ4v) is 1.71. The van der Waals surface area contributed by atoms with Crippen molar-refractivity contribution in [3.05, 3.63) is 19.1 Å². The van der Waals surface area contributed by atoms with Crippen molar-refractivity contribution in [1.29, 1.82) is 0 Å². The van der Waals surface area contributed by atoms with Crippen LogP contribution in [0, 0.1) is 6.92 Å². The molecule has 0 saturated carbocycles. The highest BCUT2D eigenvalue weighted by atomic mass is 14.0.